The highest BCUT2D eigenvalue weighted by molar-refractivity contribution is 5.66. The summed E-state index contributed by atoms with van der Waals surface area (Å²) in [7, 11) is 0. The maximum absolute atomic E-state index is 5.51. The average molecular weight is 161 g/mol. The van der Waals surface area contributed by atoms with Crippen LogP contribution in [0.5, 0.6) is 0 Å². The van der Waals surface area contributed by atoms with Crippen LogP contribution in [0.25, 0.3) is 11.3 Å². The molecule has 0 radical (unpaired) electrons. The third-order valence-corrected chi connectivity index (χ3v) is 1.55. The Morgan fingerprint density at radius 3 is 2.50 bits per heavy atom. The number of aromatic nitrogens is 2. The van der Waals surface area contributed by atoms with Crippen molar-refractivity contribution >= 4 is 5.82 Å². The first kappa shape index (κ1) is 6.84. The lowest BCUT2D eigenvalue weighted by atomic mass is 10.2. The Morgan fingerprint density at radius 1 is 1.17 bits per heavy atom. The summed E-state index contributed by atoms with van der Waals surface area (Å²) < 4.78 is 4.86. The van der Waals surface area contributed by atoms with E-state index < -0.39 is 0 Å². The predicted molar refractivity (Wildman–Crippen MR) is 44.1 cm³/mol. The van der Waals surface area contributed by atoms with Crippen molar-refractivity contribution in [2.45, 2.75) is 0 Å². The average Bonchev–Trinajstić information content (AvgIpc) is 2.53. The third kappa shape index (κ3) is 1.03. The lowest BCUT2D eigenvalue weighted by molar-refractivity contribution is 0.403. The van der Waals surface area contributed by atoms with Gasteiger partial charge in [-0.3, -0.25) is 0 Å². The first-order chi connectivity index (χ1) is 5.88. The van der Waals surface area contributed by atoms with E-state index in [-0.39, 0.29) is 0 Å². The number of nitrogens with two attached hydrogens (primary N) is 1. The van der Waals surface area contributed by atoms with Crippen molar-refractivity contribution in [3.8, 4) is 11.3 Å². The van der Waals surface area contributed by atoms with Crippen LogP contribution in [0.3, 0.4) is 0 Å². The highest BCUT2D eigenvalue weighted by Gasteiger charge is 2.07. The third-order valence-electron chi connectivity index (χ3n) is 1.55. The Hall–Kier alpha value is -1.84. The second-order valence-corrected chi connectivity index (χ2v) is 2.35. The molecule has 60 valence electrons. The van der Waals surface area contributed by atoms with Crippen LogP contribution in [-0.2, 0) is 0 Å². The van der Waals surface area contributed by atoms with Gasteiger partial charge in [-0.1, -0.05) is 35.4 Å². The number of hydrogen-bond donors (Lipinski definition) is 1. The number of benzene rings is 1. The number of nitrogens with zero attached hydrogens (tertiary/aromatic N) is 2. The fraction of sp³-hybridized carbons (Fsp3) is 0. The van der Waals surface area contributed by atoms with Crippen molar-refractivity contribution in [1.29, 1.82) is 0 Å². The van der Waals surface area contributed by atoms with Crippen LogP contribution in [0.1, 0.15) is 0 Å². The van der Waals surface area contributed by atoms with Gasteiger partial charge in [-0.2, -0.15) is 0 Å². The lowest BCUT2D eigenvalue weighted by Gasteiger charge is -1.92. The number of rotatable bonds is 1. The van der Waals surface area contributed by atoms with Crippen LogP contribution in [-0.4, -0.2) is 10.4 Å². The molecule has 0 aliphatic rings. The Labute approximate surface area is 69.0 Å². The van der Waals surface area contributed by atoms with E-state index in [1.807, 2.05) is 30.3 Å². The minimum absolute atomic E-state index is 0.321. The summed E-state index contributed by atoms with van der Waals surface area (Å²) in [6.07, 6.45) is 0. The molecule has 0 saturated carbocycles. The number of nitrogen functional groups attached to an aromatic ring is 1. The van der Waals surface area contributed by atoms with Gasteiger partial charge in [-0.15, -0.1) is 0 Å². The Balaban J connectivity index is 2.51. The molecular weight excluding hydrogens is 154 g/mol. The van der Waals surface area contributed by atoms with E-state index in [2.05, 4.69) is 10.4 Å². The Bertz CT molecular complexity index is 369. The molecule has 1 heterocycles. The van der Waals surface area contributed by atoms with Crippen molar-refractivity contribution in [3.63, 3.8) is 0 Å². The first-order valence-corrected chi connectivity index (χ1v) is 3.51. The topological polar surface area (TPSA) is 64.9 Å². The molecule has 1 aromatic heterocycles. The van der Waals surface area contributed by atoms with E-state index in [0.29, 0.717) is 11.6 Å². The van der Waals surface area contributed by atoms with Gasteiger partial charge in [0.2, 0.25) is 5.76 Å². The standard InChI is InChI=1S/C8H7N3O/c9-8-7(12-11-10-8)6-4-2-1-3-5-6/h1-5H,9H2. The van der Waals surface area contributed by atoms with E-state index in [1.165, 1.54) is 0 Å². The maximum Gasteiger partial charge on any atom is 0.211 e. The molecule has 1 aromatic carbocycles. The molecule has 4 heteroatoms. The molecule has 0 amide bonds. The molecule has 0 saturated heterocycles. The van der Waals surface area contributed by atoms with Gasteiger partial charge in [0.15, 0.2) is 5.82 Å². The number of hydrogen-bond acceptors (Lipinski definition) is 4. The molecule has 0 spiro atoms. The highest BCUT2D eigenvalue weighted by atomic mass is 16.5. The quantitative estimate of drug-likeness (QED) is 0.685. The second-order valence-electron chi connectivity index (χ2n) is 2.35. The van der Waals surface area contributed by atoms with Gasteiger partial charge < -0.3 is 10.3 Å². The van der Waals surface area contributed by atoms with E-state index in [0.717, 1.165) is 5.56 Å². The normalized spacial score (nSPS) is 10.0. The summed E-state index contributed by atoms with van der Waals surface area (Å²) in [4.78, 5) is 0. The van der Waals surface area contributed by atoms with E-state index >= 15 is 0 Å². The fourth-order valence-corrected chi connectivity index (χ4v) is 0.988. The summed E-state index contributed by atoms with van der Waals surface area (Å²) in [6, 6.07) is 9.50. The molecule has 2 aromatic rings. The fourth-order valence-electron chi connectivity index (χ4n) is 0.988. The van der Waals surface area contributed by atoms with Gasteiger partial charge in [0, 0.05) is 10.8 Å². The molecule has 0 aliphatic heterocycles. The molecule has 0 atom stereocenters. The van der Waals surface area contributed by atoms with Gasteiger partial charge in [-0.25, -0.2) is 0 Å². The van der Waals surface area contributed by atoms with E-state index in [9.17, 15) is 0 Å². The van der Waals surface area contributed by atoms with Crippen LogP contribution in [0, 0.1) is 0 Å². The Kier molecular flexibility index (Phi) is 1.51. The van der Waals surface area contributed by atoms with Crippen molar-refractivity contribution in [2.24, 2.45) is 0 Å². The zero-order valence-corrected chi connectivity index (χ0v) is 6.27. The van der Waals surface area contributed by atoms with Gasteiger partial charge >= 0.3 is 0 Å². The molecule has 4 nitrogen and oxygen atoms in total. The van der Waals surface area contributed by atoms with Crippen molar-refractivity contribution < 1.29 is 4.52 Å². The van der Waals surface area contributed by atoms with Crippen molar-refractivity contribution in [2.75, 3.05) is 5.73 Å². The zero-order valence-electron chi connectivity index (χ0n) is 6.27. The van der Waals surface area contributed by atoms with Crippen LogP contribution in [0.15, 0.2) is 34.9 Å². The summed E-state index contributed by atoms with van der Waals surface area (Å²) >= 11 is 0. The van der Waals surface area contributed by atoms with Crippen LogP contribution in [0.4, 0.5) is 5.82 Å². The lowest BCUT2D eigenvalue weighted by Crippen LogP contribution is -1.86. The van der Waals surface area contributed by atoms with Gasteiger partial charge in [0.05, 0.1) is 0 Å². The molecule has 0 fully saturated rings. The summed E-state index contributed by atoms with van der Waals surface area (Å²) in [5.41, 5.74) is 6.39. The largest absolute Gasteiger partial charge is 0.379 e. The SMILES string of the molecule is Nc1nnoc1-c1ccccc1. The highest BCUT2D eigenvalue weighted by Crippen LogP contribution is 2.22. The van der Waals surface area contributed by atoms with Gasteiger partial charge in [0.25, 0.3) is 0 Å². The van der Waals surface area contributed by atoms with Crippen LogP contribution in [0.2, 0.25) is 0 Å². The molecule has 0 bridgehead atoms. The monoisotopic (exact) mass is 161 g/mol. The summed E-state index contributed by atoms with van der Waals surface area (Å²) in [5, 5.41) is 6.90. The smallest absolute Gasteiger partial charge is 0.211 e. The molecule has 12 heavy (non-hydrogen) atoms. The van der Waals surface area contributed by atoms with Gasteiger partial charge in [-0.05, 0) is 0 Å². The van der Waals surface area contributed by atoms with Crippen LogP contribution >= 0.6 is 0 Å². The molecule has 0 aliphatic carbocycles. The summed E-state index contributed by atoms with van der Waals surface area (Å²) in [5.74, 6) is 0.844. The second kappa shape index (κ2) is 2.65. The Morgan fingerprint density at radius 2 is 1.92 bits per heavy atom. The minimum atomic E-state index is 0.321. The van der Waals surface area contributed by atoms with Crippen molar-refractivity contribution in [3.05, 3.63) is 30.3 Å². The van der Waals surface area contributed by atoms with E-state index in [1.54, 1.807) is 0 Å². The van der Waals surface area contributed by atoms with Crippen LogP contribution < -0.4 is 5.73 Å². The molecule has 2 N–H and O–H groups in total. The van der Waals surface area contributed by atoms with Crippen molar-refractivity contribution in [1.82, 2.24) is 10.4 Å². The first-order valence-electron chi connectivity index (χ1n) is 3.51. The summed E-state index contributed by atoms with van der Waals surface area (Å²) in [6.45, 7) is 0. The zero-order chi connectivity index (χ0) is 8.39. The maximum atomic E-state index is 5.51. The minimum Gasteiger partial charge on any atom is -0.379 e. The predicted octanol–water partition coefficient (Wildman–Crippen LogP) is 1.32. The molecular formula is C8H7N3O. The van der Waals surface area contributed by atoms with E-state index in [4.69, 9.17) is 10.3 Å². The molecule has 2 rings (SSSR count). The molecule has 0 unspecified atom stereocenters. The number of anilines is 1. The van der Waals surface area contributed by atoms with Gasteiger partial charge in [0.1, 0.15) is 0 Å².